The van der Waals surface area contributed by atoms with Crippen LogP contribution in [-0.2, 0) is 16.1 Å². The first kappa shape index (κ1) is 13.8. The molecule has 4 heteroatoms. The van der Waals surface area contributed by atoms with Gasteiger partial charge in [-0.1, -0.05) is 6.92 Å². The third-order valence-corrected chi connectivity index (χ3v) is 2.74. The second-order valence-electron chi connectivity index (χ2n) is 4.00. The Bertz CT molecular complexity index is 321. The van der Waals surface area contributed by atoms with Crippen molar-refractivity contribution in [2.75, 3.05) is 13.2 Å². The van der Waals surface area contributed by atoms with Crippen molar-refractivity contribution in [1.82, 2.24) is 4.90 Å². The molecular formula is C13H21NO3. The third-order valence-electron chi connectivity index (χ3n) is 2.74. The van der Waals surface area contributed by atoms with Gasteiger partial charge in [-0.25, -0.2) is 0 Å². The van der Waals surface area contributed by atoms with Crippen molar-refractivity contribution in [3.63, 3.8) is 0 Å². The average molecular weight is 239 g/mol. The SMILES string of the molecule is CCOC(=O)CC(C)N(CC)Cc1ccco1. The van der Waals surface area contributed by atoms with Crippen molar-refractivity contribution in [2.24, 2.45) is 0 Å². The maximum absolute atomic E-state index is 11.4. The van der Waals surface area contributed by atoms with Gasteiger partial charge in [0, 0.05) is 6.04 Å². The molecule has 1 atom stereocenters. The van der Waals surface area contributed by atoms with Crippen LogP contribution in [0.3, 0.4) is 0 Å². The smallest absolute Gasteiger partial charge is 0.307 e. The van der Waals surface area contributed by atoms with Crippen molar-refractivity contribution in [2.45, 2.75) is 39.8 Å². The maximum atomic E-state index is 11.4. The number of esters is 1. The first-order valence-corrected chi connectivity index (χ1v) is 6.09. The van der Waals surface area contributed by atoms with Gasteiger partial charge in [-0.15, -0.1) is 0 Å². The molecule has 1 unspecified atom stereocenters. The highest BCUT2D eigenvalue weighted by Crippen LogP contribution is 2.11. The summed E-state index contributed by atoms with van der Waals surface area (Å²) in [5, 5.41) is 0. The molecule has 0 spiro atoms. The lowest BCUT2D eigenvalue weighted by Gasteiger charge is -2.26. The van der Waals surface area contributed by atoms with Crippen LogP contribution in [0, 0.1) is 0 Å². The highest BCUT2D eigenvalue weighted by atomic mass is 16.5. The molecule has 0 aliphatic rings. The second-order valence-corrected chi connectivity index (χ2v) is 4.00. The van der Waals surface area contributed by atoms with E-state index in [1.54, 1.807) is 6.26 Å². The molecule has 0 radical (unpaired) electrons. The summed E-state index contributed by atoms with van der Waals surface area (Å²) in [5.41, 5.74) is 0. The van der Waals surface area contributed by atoms with Gasteiger partial charge >= 0.3 is 5.97 Å². The number of rotatable bonds is 7. The zero-order chi connectivity index (χ0) is 12.7. The summed E-state index contributed by atoms with van der Waals surface area (Å²) in [4.78, 5) is 13.6. The van der Waals surface area contributed by atoms with Gasteiger partial charge in [0.15, 0.2) is 0 Å². The molecule has 1 aromatic rings. The topological polar surface area (TPSA) is 42.7 Å². The van der Waals surface area contributed by atoms with Crippen molar-refractivity contribution >= 4 is 5.97 Å². The third kappa shape index (κ3) is 4.61. The van der Waals surface area contributed by atoms with Crippen LogP contribution >= 0.6 is 0 Å². The Kier molecular flexibility index (Phi) is 5.77. The normalized spacial score (nSPS) is 12.7. The standard InChI is InChI=1S/C13H21NO3/c1-4-14(10-12-7-6-8-17-12)11(3)9-13(15)16-5-2/h6-8,11H,4-5,9-10H2,1-3H3. The van der Waals surface area contributed by atoms with E-state index < -0.39 is 0 Å². The van der Waals surface area contributed by atoms with Crippen LogP contribution in [0.25, 0.3) is 0 Å². The Morgan fingerprint density at radius 1 is 1.53 bits per heavy atom. The van der Waals surface area contributed by atoms with E-state index in [0.29, 0.717) is 13.0 Å². The van der Waals surface area contributed by atoms with Crippen molar-refractivity contribution in [1.29, 1.82) is 0 Å². The highest BCUT2D eigenvalue weighted by molar-refractivity contribution is 5.70. The Hall–Kier alpha value is -1.29. The summed E-state index contributed by atoms with van der Waals surface area (Å²) < 4.78 is 10.3. The Morgan fingerprint density at radius 2 is 2.29 bits per heavy atom. The first-order chi connectivity index (χ1) is 8.17. The molecule has 0 amide bonds. The van der Waals surface area contributed by atoms with Gasteiger partial charge in [-0.3, -0.25) is 9.69 Å². The number of ether oxygens (including phenoxy) is 1. The van der Waals surface area contributed by atoms with E-state index in [2.05, 4.69) is 11.8 Å². The van der Waals surface area contributed by atoms with Crippen LogP contribution in [0.5, 0.6) is 0 Å². The molecule has 0 aliphatic carbocycles. The first-order valence-electron chi connectivity index (χ1n) is 6.09. The Balaban J connectivity index is 2.46. The number of carbonyl (C=O) groups excluding carboxylic acids is 1. The van der Waals surface area contributed by atoms with Gasteiger partial charge in [0.25, 0.3) is 0 Å². The molecule has 17 heavy (non-hydrogen) atoms. The molecule has 0 fully saturated rings. The molecule has 0 N–H and O–H groups in total. The minimum atomic E-state index is -0.141. The van der Waals surface area contributed by atoms with E-state index in [4.69, 9.17) is 9.15 Å². The van der Waals surface area contributed by atoms with Gasteiger partial charge in [0.1, 0.15) is 5.76 Å². The Morgan fingerprint density at radius 3 is 2.82 bits per heavy atom. The highest BCUT2D eigenvalue weighted by Gasteiger charge is 2.17. The van der Waals surface area contributed by atoms with Gasteiger partial charge in [0.05, 0.1) is 25.8 Å². The molecule has 1 heterocycles. The number of nitrogens with zero attached hydrogens (tertiary/aromatic N) is 1. The van der Waals surface area contributed by atoms with Crippen molar-refractivity contribution in [3.05, 3.63) is 24.2 Å². The fourth-order valence-electron chi connectivity index (χ4n) is 1.77. The van der Waals surface area contributed by atoms with Crippen molar-refractivity contribution < 1.29 is 13.9 Å². The molecule has 0 aliphatic heterocycles. The molecule has 4 nitrogen and oxygen atoms in total. The lowest BCUT2D eigenvalue weighted by atomic mass is 10.2. The maximum Gasteiger partial charge on any atom is 0.307 e. The summed E-state index contributed by atoms with van der Waals surface area (Å²) in [5.74, 6) is 0.778. The molecular weight excluding hydrogens is 218 g/mol. The monoisotopic (exact) mass is 239 g/mol. The van der Waals surface area contributed by atoms with Crippen LogP contribution in [0.15, 0.2) is 22.8 Å². The van der Waals surface area contributed by atoms with Crippen LogP contribution in [0.1, 0.15) is 33.0 Å². The van der Waals surface area contributed by atoms with E-state index in [1.807, 2.05) is 26.0 Å². The molecule has 0 bridgehead atoms. The largest absolute Gasteiger partial charge is 0.468 e. The molecule has 1 aromatic heterocycles. The van der Waals surface area contributed by atoms with Gasteiger partial charge in [0.2, 0.25) is 0 Å². The summed E-state index contributed by atoms with van der Waals surface area (Å²) in [6.07, 6.45) is 2.08. The zero-order valence-corrected chi connectivity index (χ0v) is 10.8. The van der Waals surface area contributed by atoms with Crippen LogP contribution in [0.2, 0.25) is 0 Å². The lowest BCUT2D eigenvalue weighted by Crippen LogP contribution is -2.34. The summed E-state index contributed by atoms with van der Waals surface area (Å²) >= 11 is 0. The summed E-state index contributed by atoms with van der Waals surface area (Å²) in [7, 11) is 0. The quantitative estimate of drug-likeness (QED) is 0.685. The predicted octanol–water partition coefficient (Wildman–Crippen LogP) is 2.44. The van der Waals surface area contributed by atoms with Crippen LogP contribution < -0.4 is 0 Å². The van der Waals surface area contributed by atoms with E-state index in [1.165, 1.54) is 0 Å². The fourth-order valence-corrected chi connectivity index (χ4v) is 1.77. The van der Waals surface area contributed by atoms with Gasteiger partial charge < -0.3 is 9.15 Å². The summed E-state index contributed by atoms with van der Waals surface area (Å²) in [6, 6.07) is 3.98. The zero-order valence-electron chi connectivity index (χ0n) is 10.8. The molecule has 96 valence electrons. The molecule has 0 aromatic carbocycles. The minimum Gasteiger partial charge on any atom is -0.468 e. The van der Waals surface area contributed by atoms with Gasteiger partial charge in [-0.05, 0) is 32.5 Å². The lowest BCUT2D eigenvalue weighted by molar-refractivity contribution is -0.144. The van der Waals surface area contributed by atoms with Gasteiger partial charge in [-0.2, -0.15) is 0 Å². The predicted molar refractivity (Wildman–Crippen MR) is 65.5 cm³/mol. The van der Waals surface area contributed by atoms with E-state index in [-0.39, 0.29) is 12.0 Å². The van der Waals surface area contributed by atoms with E-state index in [9.17, 15) is 4.79 Å². The van der Waals surface area contributed by atoms with E-state index >= 15 is 0 Å². The molecule has 0 saturated heterocycles. The Labute approximate surface area is 103 Å². The number of carbonyl (C=O) groups is 1. The molecule has 1 rings (SSSR count). The minimum absolute atomic E-state index is 0.141. The molecule has 0 saturated carbocycles. The fraction of sp³-hybridized carbons (Fsp3) is 0.615. The van der Waals surface area contributed by atoms with Crippen LogP contribution in [-0.4, -0.2) is 30.1 Å². The van der Waals surface area contributed by atoms with E-state index in [0.717, 1.165) is 18.8 Å². The number of hydrogen-bond donors (Lipinski definition) is 0. The number of furan rings is 1. The average Bonchev–Trinajstić information content (AvgIpc) is 2.78. The summed E-state index contributed by atoms with van der Waals surface area (Å²) in [6.45, 7) is 7.97. The second kappa shape index (κ2) is 7.12. The number of hydrogen-bond acceptors (Lipinski definition) is 4. The van der Waals surface area contributed by atoms with Crippen LogP contribution in [0.4, 0.5) is 0 Å². The van der Waals surface area contributed by atoms with Crippen molar-refractivity contribution in [3.8, 4) is 0 Å².